The number of halogens is 1. The zero-order valence-electron chi connectivity index (χ0n) is 13.2. The molecule has 8 heteroatoms. The molecule has 4 rings (SSSR count). The van der Waals surface area contributed by atoms with Crippen molar-refractivity contribution in [1.82, 2.24) is 14.7 Å². The highest BCUT2D eigenvalue weighted by atomic mass is 32.2. The average Bonchev–Trinajstić information content (AvgIpc) is 3.14. The Morgan fingerprint density at radius 2 is 2.08 bits per heavy atom. The largest absolute Gasteiger partial charge is 0.439 e. The zero-order valence-corrected chi connectivity index (χ0v) is 14.0. The predicted molar refractivity (Wildman–Crippen MR) is 92.9 cm³/mol. The van der Waals surface area contributed by atoms with E-state index in [2.05, 4.69) is 14.7 Å². The lowest BCUT2D eigenvalue weighted by molar-refractivity contribution is 0.515. The number of nitrogens with zero attached hydrogens (tertiary/aromatic N) is 1. The fourth-order valence-corrected chi connectivity index (χ4v) is 3.13. The Hall–Kier alpha value is -2.71. The van der Waals surface area contributed by atoms with E-state index in [1.807, 2.05) is 18.3 Å². The van der Waals surface area contributed by atoms with Crippen molar-refractivity contribution in [2.45, 2.75) is 6.54 Å². The van der Waals surface area contributed by atoms with Crippen molar-refractivity contribution in [3.05, 3.63) is 54.3 Å². The first-order chi connectivity index (χ1) is 11.9. The summed E-state index contributed by atoms with van der Waals surface area (Å²) in [6, 6.07) is 10.1. The van der Waals surface area contributed by atoms with Gasteiger partial charge in [-0.25, -0.2) is 22.5 Å². The second-order valence-corrected chi connectivity index (χ2v) is 7.61. The first-order valence-electron chi connectivity index (χ1n) is 7.50. The van der Waals surface area contributed by atoms with Crippen molar-refractivity contribution in [3.63, 3.8) is 0 Å². The van der Waals surface area contributed by atoms with Crippen LogP contribution in [0.1, 0.15) is 5.89 Å². The van der Waals surface area contributed by atoms with Crippen molar-refractivity contribution in [2.24, 2.45) is 0 Å². The molecule has 0 amide bonds. The van der Waals surface area contributed by atoms with Crippen LogP contribution in [0, 0.1) is 5.82 Å². The minimum absolute atomic E-state index is 0.00475. The highest BCUT2D eigenvalue weighted by Crippen LogP contribution is 2.31. The van der Waals surface area contributed by atoms with Gasteiger partial charge in [-0.1, -0.05) is 6.07 Å². The first kappa shape index (κ1) is 15.8. The molecule has 0 aliphatic rings. The van der Waals surface area contributed by atoms with Crippen LogP contribution in [-0.2, 0) is 16.6 Å². The molecule has 0 radical (unpaired) electrons. The van der Waals surface area contributed by atoms with Crippen LogP contribution in [-0.4, -0.2) is 24.6 Å². The van der Waals surface area contributed by atoms with Crippen molar-refractivity contribution in [2.75, 3.05) is 6.26 Å². The number of hydrogen-bond donors (Lipinski definition) is 2. The highest BCUT2D eigenvalue weighted by Gasteiger charge is 2.12. The van der Waals surface area contributed by atoms with Crippen LogP contribution in [0.5, 0.6) is 0 Å². The van der Waals surface area contributed by atoms with Gasteiger partial charge >= 0.3 is 0 Å². The summed E-state index contributed by atoms with van der Waals surface area (Å²) in [5.74, 6) is -0.00514. The molecule has 0 aliphatic heterocycles. The molecule has 0 atom stereocenters. The van der Waals surface area contributed by atoms with Crippen LogP contribution in [0.15, 0.2) is 47.0 Å². The van der Waals surface area contributed by atoms with Gasteiger partial charge in [0.1, 0.15) is 11.3 Å². The number of nitrogens with one attached hydrogen (secondary N) is 2. The van der Waals surface area contributed by atoms with Crippen molar-refractivity contribution < 1.29 is 17.2 Å². The van der Waals surface area contributed by atoms with Crippen LogP contribution in [0.2, 0.25) is 0 Å². The van der Waals surface area contributed by atoms with Crippen LogP contribution in [0.25, 0.3) is 33.1 Å². The molecule has 2 aromatic carbocycles. The molecule has 6 nitrogen and oxygen atoms in total. The smallest absolute Gasteiger partial charge is 0.210 e. The molecule has 2 heterocycles. The Balaban J connectivity index is 1.73. The number of aromatic nitrogens is 2. The van der Waals surface area contributed by atoms with Gasteiger partial charge in [0, 0.05) is 22.7 Å². The number of hydrogen-bond acceptors (Lipinski definition) is 4. The van der Waals surface area contributed by atoms with Gasteiger partial charge in [-0.3, -0.25) is 0 Å². The molecule has 0 spiro atoms. The first-order valence-corrected chi connectivity index (χ1v) is 9.39. The van der Waals surface area contributed by atoms with E-state index in [-0.39, 0.29) is 12.4 Å². The molecule has 2 N–H and O–H groups in total. The number of oxazole rings is 1. The maximum Gasteiger partial charge on any atom is 0.210 e. The lowest BCUT2D eigenvalue weighted by atomic mass is 10.0. The highest BCUT2D eigenvalue weighted by molar-refractivity contribution is 7.88. The number of aromatic amines is 1. The summed E-state index contributed by atoms with van der Waals surface area (Å²) in [5.41, 5.74) is 3.74. The molecular weight excluding hydrogens is 345 g/mol. The normalized spacial score (nSPS) is 12.2. The predicted octanol–water partition coefficient (Wildman–Crippen LogP) is 3.16. The van der Waals surface area contributed by atoms with Crippen LogP contribution in [0.3, 0.4) is 0 Å². The van der Waals surface area contributed by atoms with Gasteiger partial charge < -0.3 is 9.40 Å². The van der Waals surface area contributed by atoms with Gasteiger partial charge in [-0.05, 0) is 35.9 Å². The molecule has 0 saturated carbocycles. The molecule has 0 saturated heterocycles. The maximum absolute atomic E-state index is 13.3. The quantitative estimate of drug-likeness (QED) is 0.586. The molecule has 128 valence electrons. The Morgan fingerprint density at radius 1 is 1.24 bits per heavy atom. The third-order valence-electron chi connectivity index (χ3n) is 3.87. The molecule has 0 aliphatic carbocycles. The number of H-pyrrole nitrogens is 1. The third-order valence-corrected chi connectivity index (χ3v) is 4.54. The standard InChI is InChI=1S/C17H14FN3O3S/c1-25(22,23)20-9-17-21-15-6-10(2-5-16(15)24-17)13-8-19-14-7-11(18)3-4-12(13)14/h2-8,19-20H,9H2,1H3. The summed E-state index contributed by atoms with van der Waals surface area (Å²) in [4.78, 5) is 7.37. The van der Waals surface area contributed by atoms with Crippen molar-refractivity contribution >= 4 is 32.0 Å². The van der Waals surface area contributed by atoms with Crippen LogP contribution >= 0.6 is 0 Å². The van der Waals surface area contributed by atoms with Gasteiger partial charge in [0.15, 0.2) is 5.58 Å². The summed E-state index contributed by atoms with van der Waals surface area (Å²) in [5, 5.41) is 0.906. The van der Waals surface area contributed by atoms with Gasteiger partial charge in [0.05, 0.1) is 12.8 Å². The fraction of sp³-hybridized carbons (Fsp3) is 0.118. The third kappa shape index (κ3) is 3.13. The monoisotopic (exact) mass is 359 g/mol. The number of sulfonamides is 1. The van der Waals surface area contributed by atoms with E-state index in [0.29, 0.717) is 22.5 Å². The topological polar surface area (TPSA) is 88.0 Å². The minimum Gasteiger partial charge on any atom is -0.439 e. The summed E-state index contributed by atoms with van der Waals surface area (Å²) < 4.78 is 43.5. The molecule has 0 fully saturated rings. The maximum atomic E-state index is 13.3. The summed E-state index contributed by atoms with van der Waals surface area (Å²) >= 11 is 0. The van der Waals surface area contributed by atoms with E-state index in [4.69, 9.17) is 4.42 Å². The SMILES string of the molecule is CS(=O)(=O)NCc1nc2cc(-c3c[nH]c4cc(F)ccc34)ccc2o1. The molecule has 4 aromatic rings. The number of fused-ring (bicyclic) bond motifs is 2. The Morgan fingerprint density at radius 3 is 2.88 bits per heavy atom. The van der Waals surface area contributed by atoms with Crippen molar-refractivity contribution in [3.8, 4) is 11.1 Å². The lowest BCUT2D eigenvalue weighted by Crippen LogP contribution is -2.21. The summed E-state index contributed by atoms with van der Waals surface area (Å²) in [6.45, 7) is -0.00475. The molecule has 2 aromatic heterocycles. The summed E-state index contributed by atoms with van der Waals surface area (Å²) in [6.07, 6.45) is 2.89. The van der Waals surface area contributed by atoms with Crippen LogP contribution in [0.4, 0.5) is 4.39 Å². The van der Waals surface area contributed by atoms with Gasteiger partial charge in [0.2, 0.25) is 15.9 Å². The van der Waals surface area contributed by atoms with E-state index in [1.54, 1.807) is 12.1 Å². The fourth-order valence-electron chi connectivity index (χ4n) is 2.75. The van der Waals surface area contributed by atoms with Crippen LogP contribution < -0.4 is 4.72 Å². The molecule has 0 unspecified atom stereocenters. The lowest BCUT2D eigenvalue weighted by Gasteiger charge is -1.99. The molecular formula is C17H14FN3O3S. The van der Waals surface area contributed by atoms with Gasteiger partial charge in [0.25, 0.3) is 0 Å². The number of rotatable bonds is 4. The van der Waals surface area contributed by atoms with E-state index in [0.717, 1.165) is 22.8 Å². The Bertz CT molecular complexity index is 1190. The second-order valence-electron chi connectivity index (χ2n) is 5.78. The zero-order chi connectivity index (χ0) is 17.6. The van der Waals surface area contributed by atoms with Gasteiger partial charge in [-0.2, -0.15) is 0 Å². The van der Waals surface area contributed by atoms with E-state index < -0.39 is 10.0 Å². The van der Waals surface area contributed by atoms with Crippen molar-refractivity contribution in [1.29, 1.82) is 0 Å². The summed E-state index contributed by atoms with van der Waals surface area (Å²) in [7, 11) is -3.32. The van der Waals surface area contributed by atoms with E-state index in [9.17, 15) is 12.8 Å². The molecule has 25 heavy (non-hydrogen) atoms. The number of benzene rings is 2. The minimum atomic E-state index is -3.32. The average molecular weight is 359 g/mol. The molecule has 0 bridgehead atoms. The van der Waals surface area contributed by atoms with Gasteiger partial charge in [-0.15, -0.1) is 0 Å². The van der Waals surface area contributed by atoms with E-state index >= 15 is 0 Å². The van der Waals surface area contributed by atoms with E-state index in [1.165, 1.54) is 12.1 Å². The Kier molecular flexibility index (Phi) is 3.59. The second kappa shape index (κ2) is 5.68. The Labute approximate surface area is 142 Å².